The zero-order valence-corrected chi connectivity index (χ0v) is 10.8. The van der Waals surface area contributed by atoms with Crippen LogP contribution in [0.15, 0.2) is 24.3 Å². The van der Waals surface area contributed by atoms with Crippen LogP contribution < -0.4 is 0 Å². The quantitative estimate of drug-likeness (QED) is 0.922. The van der Waals surface area contributed by atoms with Crippen LogP contribution in [-0.2, 0) is 21.3 Å². The van der Waals surface area contributed by atoms with Crippen LogP contribution >= 0.6 is 11.3 Å². The van der Waals surface area contributed by atoms with Crippen molar-refractivity contribution in [2.75, 3.05) is 0 Å². The molecule has 0 amide bonds. The Morgan fingerprint density at radius 2 is 2.24 bits per heavy atom. The lowest BCUT2D eigenvalue weighted by Crippen LogP contribution is -2.22. The van der Waals surface area contributed by atoms with Gasteiger partial charge in [0.1, 0.15) is 10.3 Å². The number of benzene rings is 1. The van der Waals surface area contributed by atoms with Crippen molar-refractivity contribution in [3.63, 3.8) is 0 Å². The third kappa shape index (κ3) is 2.70. The molecule has 2 atom stereocenters. The highest BCUT2D eigenvalue weighted by Crippen LogP contribution is 2.23. The second kappa shape index (κ2) is 4.93. The summed E-state index contributed by atoms with van der Waals surface area (Å²) in [5, 5.41) is 8.62. The molecule has 0 radical (unpaired) electrons. The fourth-order valence-corrected chi connectivity index (χ4v) is 3.47. The zero-order valence-electron chi connectivity index (χ0n) is 9.12. The summed E-state index contributed by atoms with van der Waals surface area (Å²) in [4.78, 5) is 15.0. The minimum absolute atomic E-state index is 0.201. The predicted molar refractivity (Wildman–Crippen MR) is 68.6 cm³/mol. The van der Waals surface area contributed by atoms with Crippen molar-refractivity contribution in [2.45, 2.75) is 17.9 Å². The van der Waals surface area contributed by atoms with E-state index in [1.165, 1.54) is 18.3 Å². The van der Waals surface area contributed by atoms with Gasteiger partial charge in [0.05, 0.1) is 16.0 Å². The van der Waals surface area contributed by atoms with Gasteiger partial charge in [-0.1, -0.05) is 12.1 Å². The van der Waals surface area contributed by atoms with Gasteiger partial charge in [-0.05, 0) is 19.1 Å². The molecule has 0 fully saturated rings. The van der Waals surface area contributed by atoms with E-state index in [0.717, 1.165) is 15.2 Å². The number of nitrogens with zero attached hydrogens (tertiary/aromatic N) is 1. The Kier molecular flexibility index (Phi) is 3.54. The number of aromatic nitrogens is 1. The van der Waals surface area contributed by atoms with Crippen LogP contribution in [0.1, 0.15) is 11.9 Å². The number of hydrogen-bond donors (Lipinski definition) is 1. The van der Waals surface area contributed by atoms with Gasteiger partial charge in [0, 0.05) is 10.8 Å². The zero-order chi connectivity index (χ0) is 12.4. The molecule has 0 saturated carbocycles. The summed E-state index contributed by atoms with van der Waals surface area (Å²) in [6.07, 6.45) is 0. The summed E-state index contributed by atoms with van der Waals surface area (Å²) in [6, 6.07) is 7.64. The Morgan fingerprint density at radius 3 is 2.88 bits per heavy atom. The Labute approximate surface area is 105 Å². The van der Waals surface area contributed by atoms with Crippen LogP contribution in [0.4, 0.5) is 0 Å². The molecular weight excluding hydrogens is 258 g/mol. The number of carboxylic acid groups (broad SMARTS) is 1. The Bertz CT molecular complexity index is 546. The second-order valence-electron chi connectivity index (χ2n) is 3.58. The summed E-state index contributed by atoms with van der Waals surface area (Å²) in [7, 11) is -1.42. The first kappa shape index (κ1) is 12.2. The smallest absolute Gasteiger partial charge is 0.318 e. The molecule has 1 N–H and O–H groups in total. The Hall–Kier alpha value is -1.27. The number of fused-ring (bicyclic) bond motifs is 1. The second-order valence-corrected chi connectivity index (χ2v) is 6.45. The average molecular weight is 269 g/mol. The molecule has 0 saturated heterocycles. The van der Waals surface area contributed by atoms with Crippen molar-refractivity contribution in [3.8, 4) is 0 Å². The number of carbonyl (C=O) groups is 1. The summed E-state index contributed by atoms with van der Waals surface area (Å²) in [5.74, 6) is -0.836. The maximum absolute atomic E-state index is 11.7. The third-order valence-electron chi connectivity index (χ3n) is 2.35. The van der Waals surface area contributed by atoms with E-state index in [2.05, 4.69) is 4.98 Å². The van der Waals surface area contributed by atoms with Crippen molar-refractivity contribution < 1.29 is 14.1 Å². The highest BCUT2D eigenvalue weighted by Gasteiger charge is 2.20. The van der Waals surface area contributed by atoms with E-state index in [1.807, 2.05) is 24.3 Å². The van der Waals surface area contributed by atoms with E-state index in [9.17, 15) is 9.00 Å². The summed E-state index contributed by atoms with van der Waals surface area (Å²) >= 11 is 1.46. The van der Waals surface area contributed by atoms with E-state index in [4.69, 9.17) is 5.11 Å². The van der Waals surface area contributed by atoms with Gasteiger partial charge in [-0.2, -0.15) is 0 Å². The van der Waals surface area contributed by atoms with Crippen molar-refractivity contribution in [1.82, 2.24) is 4.98 Å². The lowest BCUT2D eigenvalue weighted by molar-refractivity contribution is -0.136. The summed E-state index contributed by atoms with van der Waals surface area (Å²) in [6.45, 7) is 1.45. The number of rotatable bonds is 4. The first-order valence-corrected chi connectivity index (χ1v) is 7.22. The molecule has 2 rings (SSSR count). The largest absolute Gasteiger partial charge is 0.480 e. The minimum atomic E-state index is -1.42. The Morgan fingerprint density at radius 1 is 1.53 bits per heavy atom. The van der Waals surface area contributed by atoms with Crippen LogP contribution in [-0.4, -0.2) is 25.5 Å². The molecule has 0 aliphatic rings. The number of hydrogen-bond acceptors (Lipinski definition) is 4. The fraction of sp³-hybridized carbons (Fsp3) is 0.273. The molecule has 0 aliphatic carbocycles. The van der Waals surface area contributed by atoms with Gasteiger partial charge < -0.3 is 5.11 Å². The van der Waals surface area contributed by atoms with Gasteiger partial charge in [0.2, 0.25) is 0 Å². The molecule has 1 heterocycles. The number of aliphatic carboxylic acids is 1. The molecule has 17 heavy (non-hydrogen) atoms. The van der Waals surface area contributed by atoms with Gasteiger partial charge >= 0.3 is 5.97 Å². The summed E-state index contributed by atoms with van der Waals surface area (Å²) < 4.78 is 12.8. The molecule has 2 unspecified atom stereocenters. The SMILES string of the molecule is CC(C(=O)O)S(=O)Cc1nc2ccccc2s1. The molecule has 4 nitrogen and oxygen atoms in total. The van der Waals surface area contributed by atoms with Crippen LogP contribution in [0.2, 0.25) is 0 Å². The molecule has 0 spiro atoms. The Balaban J connectivity index is 2.19. The van der Waals surface area contributed by atoms with Crippen LogP contribution in [0.25, 0.3) is 10.2 Å². The standard InChI is InChI=1S/C11H11NO3S2/c1-7(11(13)14)17(15)6-10-12-8-4-2-3-5-9(8)16-10/h2-5,7H,6H2,1H3,(H,13,14). The van der Waals surface area contributed by atoms with E-state index in [1.54, 1.807) is 0 Å². The van der Waals surface area contributed by atoms with Crippen molar-refractivity contribution >= 4 is 38.3 Å². The topological polar surface area (TPSA) is 67.3 Å². The number of carboxylic acids is 1. The molecule has 6 heteroatoms. The average Bonchev–Trinajstić information content (AvgIpc) is 2.69. The highest BCUT2D eigenvalue weighted by atomic mass is 32.2. The van der Waals surface area contributed by atoms with Crippen LogP contribution in [0, 0.1) is 0 Å². The first-order chi connectivity index (χ1) is 8.08. The van der Waals surface area contributed by atoms with E-state index in [0.29, 0.717) is 0 Å². The number of para-hydroxylation sites is 1. The lowest BCUT2D eigenvalue weighted by Gasteiger charge is -2.03. The van der Waals surface area contributed by atoms with Crippen molar-refractivity contribution in [2.24, 2.45) is 0 Å². The van der Waals surface area contributed by atoms with Crippen molar-refractivity contribution in [1.29, 1.82) is 0 Å². The predicted octanol–water partition coefficient (Wildman–Crippen LogP) is 2.02. The minimum Gasteiger partial charge on any atom is -0.480 e. The van der Waals surface area contributed by atoms with Crippen LogP contribution in [0.5, 0.6) is 0 Å². The van der Waals surface area contributed by atoms with Crippen molar-refractivity contribution in [3.05, 3.63) is 29.3 Å². The molecule has 0 aliphatic heterocycles. The maximum atomic E-state index is 11.7. The molecular formula is C11H11NO3S2. The summed E-state index contributed by atoms with van der Waals surface area (Å²) in [5.41, 5.74) is 0.868. The fourth-order valence-electron chi connectivity index (χ4n) is 1.34. The van der Waals surface area contributed by atoms with Crippen LogP contribution in [0.3, 0.4) is 0 Å². The molecule has 1 aromatic carbocycles. The highest BCUT2D eigenvalue weighted by molar-refractivity contribution is 7.85. The van der Waals surface area contributed by atoms with Gasteiger partial charge in [-0.25, -0.2) is 4.98 Å². The monoisotopic (exact) mass is 269 g/mol. The van der Waals surface area contributed by atoms with Gasteiger partial charge in [-0.15, -0.1) is 11.3 Å². The molecule has 90 valence electrons. The van der Waals surface area contributed by atoms with Gasteiger partial charge in [0.25, 0.3) is 0 Å². The first-order valence-electron chi connectivity index (χ1n) is 5.02. The molecule has 1 aromatic heterocycles. The van der Waals surface area contributed by atoms with E-state index in [-0.39, 0.29) is 5.75 Å². The van der Waals surface area contributed by atoms with E-state index < -0.39 is 22.0 Å². The van der Waals surface area contributed by atoms with Gasteiger partial charge in [-0.3, -0.25) is 9.00 Å². The molecule has 2 aromatic rings. The molecule has 0 bridgehead atoms. The number of thiazole rings is 1. The third-order valence-corrected chi connectivity index (χ3v) is 5.11. The lowest BCUT2D eigenvalue weighted by atomic mass is 10.3. The van der Waals surface area contributed by atoms with E-state index >= 15 is 0 Å². The normalized spacial score (nSPS) is 14.6. The van der Waals surface area contributed by atoms with Gasteiger partial charge in [0.15, 0.2) is 0 Å². The maximum Gasteiger partial charge on any atom is 0.318 e.